The number of carboxylic acid groups (broad SMARTS) is 1. The van der Waals surface area contributed by atoms with Crippen LogP contribution in [0.1, 0.15) is 23.2 Å². The fourth-order valence-electron chi connectivity index (χ4n) is 3.55. The molecule has 1 unspecified atom stereocenters. The Balaban J connectivity index is 1.41. The molecule has 1 atom stereocenters. The molecule has 10 nitrogen and oxygen atoms in total. The van der Waals surface area contributed by atoms with E-state index in [1.54, 1.807) is 23.6 Å². The summed E-state index contributed by atoms with van der Waals surface area (Å²) in [6.45, 7) is 2.43. The van der Waals surface area contributed by atoms with Gasteiger partial charge in [0.1, 0.15) is 5.75 Å². The maximum atomic E-state index is 11.7. The number of piperidine rings is 1. The number of aromatic amines is 2. The number of aromatic carboxylic acids is 1. The number of hydrogen-bond donors (Lipinski definition) is 6. The summed E-state index contributed by atoms with van der Waals surface area (Å²) in [4.78, 5) is 23.2. The first-order valence-corrected chi connectivity index (χ1v) is 11.3. The minimum atomic E-state index is -1.04. The molecule has 1 saturated heterocycles. The van der Waals surface area contributed by atoms with Gasteiger partial charge in [-0.25, -0.2) is 4.79 Å². The van der Waals surface area contributed by atoms with E-state index in [0.717, 1.165) is 17.8 Å². The predicted molar refractivity (Wildman–Crippen MR) is 134 cm³/mol. The molecule has 1 aromatic heterocycles. The van der Waals surface area contributed by atoms with Gasteiger partial charge in [-0.2, -0.15) is 4.98 Å². The number of hydrogen-bond acceptors (Lipinski definition) is 9. The van der Waals surface area contributed by atoms with Crippen molar-refractivity contribution in [2.45, 2.75) is 18.9 Å². The van der Waals surface area contributed by atoms with Crippen molar-refractivity contribution in [3.05, 3.63) is 64.1 Å². The second-order valence-electron chi connectivity index (χ2n) is 7.55. The van der Waals surface area contributed by atoms with Crippen LogP contribution >= 0.6 is 24.4 Å². The van der Waals surface area contributed by atoms with Crippen LogP contribution in [-0.2, 0) is 0 Å². The molecule has 2 heterocycles. The molecule has 4 rings (SSSR count). The van der Waals surface area contributed by atoms with Gasteiger partial charge in [-0.3, -0.25) is 0 Å². The van der Waals surface area contributed by atoms with Gasteiger partial charge in [0.05, 0.1) is 23.9 Å². The van der Waals surface area contributed by atoms with Crippen LogP contribution in [0, 0.1) is 16.1 Å². The van der Waals surface area contributed by atoms with E-state index < -0.39 is 12.1 Å². The van der Waals surface area contributed by atoms with Gasteiger partial charge in [0.15, 0.2) is 11.5 Å². The predicted octanol–water partition coefficient (Wildman–Crippen LogP) is 4.21. The van der Waals surface area contributed by atoms with Gasteiger partial charge in [0.25, 0.3) is 0 Å². The lowest BCUT2D eigenvalue weighted by Crippen LogP contribution is -2.34. The van der Waals surface area contributed by atoms with Crippen molar-refractivity contribution < 1.29 is 19.7 Å². The molecule has 1 radical (unpaired) electrons. The normalized spacial score (nSPS) is 15.6. The number of nitrogens with zero attached hydrogens (tertiary/aromatic N) is 2. The van der Waals surface area contributed by atoms with Crippen molar-refractivity contribution in [2.24, 2.45) is 0 Å². The van der Waals surface area contributed by atoms with Crippen LogP contribution in [-0.4, -0.2) is 50.5 Å². The Morgan fingerprint density at radius 3 is 2.79 bits per heavy atom. The van der Waals surface area contributed by atoms with Crippen LogP contribution in [0.5, 0.6) is 5.75 Å². The van der Waals surface area contributed by atoms with Crippen molar-refractivity contribution in [3.63, 3.8) is 0 Å². The molecular formula is C22H23N6O4S2. The highest BCUT2D eigenvalue weighted by atomic mass is 32.1. The van der Waals surface area contributed by atoms with Gasteiger partial charge >= 0.3 is 5.97 Å². The molecule has 0 bridgehead atoms. The van der Waals surface area contributed by atoms with Gasteiger partial charge in [0.2, 0.25) is 10.7 Å². The van der Waals surface area contributed by atoms with Crippen LogP contribution in [0.25, 0.3) is 0 Å². The van der Waals surface area contributed by atoms with Crippen molar-refractivity contribution in [2.75, 3.05) is 28.8 Å². The fourth-order valence-corrected chi connectivity index (χ4v) is 4.00. The van der Waals surface area contributed by atoms with Gasteiger partial charge < -0.3 is 40.5 Å². The summed E-state index contributed by atoms with van der Waals surface area (Å²) in [5, 5.41) is 25.8. The molecule has 177 valence electrons. The molecule has 0 spiro atoms. The third-order valence-corrected chi connectivity index (χ3v) is 5.46. The summed E-state index contributed by atoms with van der Waals surface area (Å²) in [6.07, 6.45) is 0.829. The summed E-state index contributed by atoms with van der Waals surface area (Å²) in [7, 11) is 0. The zero-order valence-electron chi connectivity index (χ0n) is 17.9. The molecule has 0 aliphatic carbocycles. The van der Waals surface area contributed by atoms with Crippen LogP contribution in [0.3, 0.4) is 0 Å². The van der Waals surface area contributed by atoms with E-state index in [9.17, 15) is 15.0 Å². The zero-order valence-corrected chi connectivity index (χ0v) is 19.6. The number of aliphatic hydroxyl groups excluding tert-OH is 1. The van der Waals surface area contributed by atoms with Crippen molar-refractivity contribution in [1.29, 1.82) is 0 Å². The first kappa shape index (κ1) is 23.7. The summed E-state index contributed by atoms with van der Waals surface area (Å²) in [5.41, 5.74) is 2.19. The lowest BCUT2D eigenvalue weighted by Gasteiger charge is -2.32. The average molecular weight is 500 g/mol. The quantitative estimate of drug-likeness (QED) is 0.197. The van der Waals surface area contributed by atoms with Crippen LogP contribution < -0.4 is 20.3 Å². The maximum absolute atomic E-state index is 11.7. The highest BCUT2D eigenvalue weighted by Gasteiger charge is 2.23. The number of benzene rings is 2. The number of carboxylic acids is 1. The molecule has 1 fully saturated rings. The molecule has 1 aliphatic rings. The van der Waals surface area contributed by atoms with Crippen LogP contribution in [0.15, 0.2) is 42.5 Å². The average Bonchev–Trinajstić information content (AvgIpc) is 2.78. The van der Waals surface area contributed by atoms with E-state index in [0.29, 0.717) is 35.1 Å². The van der Waals surface area contributed by atoms with Gasteiger partial charge in [-0.1, -0.05) is 6.07 Å². The Labute approximate surface area is 205 Å². The third kappa shape index (κ3) is 6.10. The number of nitrogens with one attached hydrogen (secondary N) is 4. The monoisotopic (exact) mass is 499 g/mol. The lowest BCUT2D eigenvalue weighted by atomic mass is 10.0. The number of anilines is 4. The smallest absolute Gasteiger partial charge is 0.337 e. The van der Waals surface area contributed by atoms with E-state index in [4.69, 9.17) is 29.2 Å². The number of ether oxygens (including phenoxy) is 1. The van der Waals surface area contributed by atoms with Gasteiger partial charge in [0, 0.05) is 24.0 Å². The van der Waals surface area contributed by atoms with Crippen LogP contribution in [0.4, 0.5) is 23.0 Å². The van der Waals surface area contributed by atoms with Gasteiger partial charge in [-0.05, 0) is 67.6 Å². The summed E-state index contributed by atoms with van der Waals surface area (Å²) in [5.74, 6) is -0.106. The number of rotatable bonds is 8. The molecule has 0 amide bonds. The molecule has 2 aromatic carbocycles. The minimum absolute atomic E-state index is 0.151. The Morgan fingerprint density at radius 1 is 1.21 bits per heavy atom. The molecule has 34 heavy (non-hydrogen) atoms. The number of carbonyl (C=O) groups is 1. The Kier molecular flexibility index (Phi) is 7.40. The van der Waals surface area contributed by atoms with E-state index in [1.807, 2.05) is 24.3 Å². The molecule has 6 N–H and O–H groups in total. The van der Waals surface area contributed by atoms with Crippen molar-refractivity contribution in [3.8, 4) is 5.75 Å². The largest absolute Gasteiger partial charge is 0.478 e. The topological polar surface area (TPSA) is 139 Å². The summed E-state index contributed by atoms with van der Waals surface area (Å²) >= 11 is 10.1. The van der Waals surface area contributed by atoms with E-state index >= 15 is 0 Å². The fraction of sp³-hybridized carbons (Fsp3) is 0.227. The first-order valence-electron chi connectivity index (χ1n) is 10.5. The first-order chi connectivity index (χ1) is 16.4. The summed E-state index contributed by atoms with van der Waals surface area (Å²) < 4.78 is 6.46. The summed E-state index contributed by atoms with van der Waals surface area (Å²) in [6, 6.07) is 12.3. The van der Waals surface area contributed by atoms with E-state index in [1.165, 1.54) is 6.07 Å². The standard InChI is InChI=1S/C22H23N6O4S2/c29-15-5-2-8-28(11-15)18-10-16(6-7-17(18)19(30)31)32-12-23-13-3-1-4-14(9-13)24-20-25-21(33)27-22(34)26-20/h1,3-4,6-7,9-11,15,23,29H,2,5,8,12H2,(H,30,31)(H3,24,25,26,27,33,34). The van der Waals surface area contributed by atoms with Gasteiger partial charge in [-0.15, -0.1) is 0 Å². The third-order valence-electron chi connectivity index (χ3n) is 5.07. The highest BCUT2D eigenvalue weighted by Crippen LogP contribution is 2.30. The Bertz CT molecular complexity index is 1270. The lowest BCUT2D eigenvalue weighted by molar-refractivity contribution is 0.0697. The SMILES string of the molecule is O=C(O)c1ccc(OCNc2cccc(Nc3nc(=S)[nH]c(=S)[nH]3)c2)cc1N1[CH]C(O)CCC1. The highest BCUT2D eigenvalue weighted by molar-refractivity contribution is 7.71. The second kappa shape index (κ2) is 10.6. The number of H-pyrrole nitrogens is 2. The molecule has 12 heteroatoms. The number of aromatic nitrogens is 3. The van der Waals surface area contributed by atoms with E-state index in [-0.39, 0.29) is 17.1 Å². The Hall–Kier alpha value is -3.48. The van der Waals surface area contributed by atoms with Crippen molar-refractivity contribution in [1.82, 2.24) is 15.0 Å². The number of aliphatic hydroxyl groups is 1. The second-order valence-corrected chi connectivity index (χ2v) is 8.35. The molecule has 3 aromatic rings. The Morgan fingerprint density at radius 2 is 2.03 bits per heavy atom. The zero-order chi connectivity index (χ0) is 24.1. The molecule has 1 aliphatic heterocycles. The van der Waals surface area contributed by atoms with Crippen LogP contribution in [0.2, 0.25) is 0 Å². The minimum Gasteiger partial charge on any atom is -0.478 e. The molecular weight excluding hydrogens is 476 g/mol. The van der Waals surface area contributed by atoms with E-state index in [2.05, 4.69) is 25.6 Å². The molecule has 0 saturated carbocycles. The maximum Gasteiger partial charge on any atom is 0.337 e. The van der Waals surface area contributed by atoms with Crippen molar-refractivity contribution >= 4 is 53.4 Å².